The number of fused-ring (bicyclic) bond motifs is 1. The topological polar surface area (TPSA) is 68.6 Å². The first-order valence-electron chi connectivity index (χ1n) is 6.71. The smallest absolute Gasteiger partial charge is 0.254 e. The van der Waals surface area contributed by atoms with Crippen LogP contribution in [0.25, 0.3) is 11.0 Å². The second kappa shape index (κ2) is 6.03. The molecule has 1 aromatic heterocycles. The largest absolute Gasteiger partial charge is 0.438 e. The monoisotopic (exact) mass is 312 g/mol. The van der Waals surface area contributed by atoms with Gasteiger partial charge in [-0.25, -0.2) is 4.99 Å². The number of carbonyl (C=O) groups excluding carboxylic acids is 1. The lowest BCUT2D eigenvalue weighted by Gasteiger charge is -2.02. The Hall–Kier alpha value is -2.59. The summed E-state index contributed by atoms with van der Waals surface area (Å²) in [7, 11) is 0. The quantitative estimate of drug-likeness (QED) is 0.806. The zero-order valence-corrected chi connectivity index (χ0v) is 12.4. The summed E-state index contributed by atoms with van der Waals surface area (Å²) in [4.78, 5) is 16.0. The standard InChI is InChI=1S/C17H13ClN2O2/c18-13-6-7-15-12(8-13)9-14(16(19)21)17(22-15)20-10-11-4-2-1-3-5-11/h1-9H,10H2,(H2,19,21). The van der Waals surface area contributed by atoms with Crippen molar-refractivity contribution < 1.29 is 9.21 Å². The van der Waals surface area contributed by atoms with E-state index in [4.69, 9.17) is 21.8 Å². The molecule has 0 fully saturated rings. The molecule has 0 aliphatic carbocycles. The summed E-state index contributed by atoms with van der Waals surface area (Å²) in [6, 6.07) is 16.5. The van der Waals surface area contributed by atoms with E-state index in [9.17, 15) is 4.79 Å². The average Bonchev–Trinajstić information content (AvgIpc) is 2.53. The third kappa shape index (κ3) is 3.02. The van der Waals surface area contributed by atoms with Crippen LogP contribution in [0.1, 0.15) is 15.9 Å². The van der Waals surface area contributed by atoms with Crippen LogP contribution in [-0.2, 0) is 6.54 Å². The predicted octanol–water partition coefficient (Wildman–Crippen LogP) is 3.29. The van der Waals surface area contributed by atoms with Crippen molar-refractivity contribution in [1.29, 1.82) is 0 Å². The highest BCUT2D eigenvalue weighted by molar-refractivity contribution is 6.31. The average molecular weight is 313 g/mol. The zero-order valence-electron chi connectivity index (χ0n) is 11.6. The zero-order chi connectivity index (χ0) is 15.5. The van der Waals surface area contributed by atoms with Crippen molar-refractivity contribution in [2.75, 3.05) is 0 Å². The molecule has 1 heterocycles. The fraction of sp³-hybridized carbons (Fsp3) is 0.0588. The Morgan fingerprint density at radius 1 is 1.14 bits per heavy atom. The molecule has 0 aliphatic rings. The molecule has 110 valence electrons. The molecule has 3 rings (SSSR count). The summed E-state index contributed by atoms with van der Waals surface area (Å²) in [5.74, 6) is -0.586. The van der Waals surface area contributed by atoms with Crippen molar-refractivity contribution in [2.45, 2.75) is 6.54 Å². The number of amides is 1. The van der Waals surface area contributed by atoms with Crippen molar-refractivity contribution >= 4 is 28.5 Å². The maximum absolute atomic E-state index is 11.6. The van der Waals surface area contributed by atoms with Crippen molar-refractivity contribution in [2.24, 2.45) is 10.7 Å². The highest BCUT2D eigenvalue weighted by atomic mass is 35.5. The van der Waals surface area contributed by atoms with Gasteiger partial charge in [0.25, 0.3) is 5.91 Å². The second-order valence-electron chi connectivity index (χ2n) is 4.81. The summed E-state index contributed by atoms with van der Waals surface area (Å²) in [6.07, 6.45) is 0. The molecule has 0 atom stereocenters. The van der Waals surface area contributed by atoms with Gasteiger partial charge in [-0.1, -0.05) is 41.9 Å². The van der Waals surface area contributed by atoms with E-state index in [1.54, 1.807) is 24.3 Å². The Kier molecular flexibility index (Phi) is 3.94. The highest BCUT2D eigenvalue weighted by Gasteiger charge is 2.09. The molecule has 2 N–H and O–H groups in total. The van der Waals surface area contributed by atoms with Crippen LogP contribution >= 0.6 is 11.6 Å². The first-order chi connectivity index (χ1) is 10.6. The Balaban J connectivity index is 2.12. The molecule has 5 heteroatoms. The molecule has 0 aliphatic heterocycles. The molecule has 0 radical (unpaired) electrons. The van der Waals surface area contributed by atoms with Gasteiger partial charge in [-0.2, -0.15) is 0 Å². The van der Waals surface area contributed by atoms with Crippen molar-refractivity contribution in [1.82, 2.24) is 0 Å². The van der Waals surface area contributed by atoms with Crippen LogP contribution in [0.5, 0.6) is 0 Å². The minimum atomic E-state index is -0.586. The summed E-state index contributed by atoms with van der Waals surface area (Å²) in [5, 5.41) is 1.27. The summed E-state index contributed by atoms with van der Waals surface area (Å²) in [6.45, 7) is 0.406. The third-order valence-corrected chi connectivity index (χ3v) is 3.46. The molecular formula is C17H13ClN2O2. The van der Waals surface area contributed by atoms with Crippen LogP contribution in [0.15, 0.2) is 64.0 Å². The molecule has 0 unspecified atom stereocenters. The number of primary amides is 1. The van der Waals surface area contributed by atoms with Gasteiger partial charge in [0, 0.05) is 10.4 Å². The number of carbonyl (C=O) groups is 1. The van der Waals surface area contributed by atoms with E-state index < -0.39 is 5.91 Å². The number of nitrogens with zero attached hydrogens (tertiary/aromatic N) is 1. The fourth-order valence-electron chi connectivity index (χ4n) is 2.14. The van der Waals surface area contributed by atoms with Crippen LogP contribution in [0, 0.1) is 0 Å². The Bertz CT molecular complexity index is 901. The molecular weight excluding hydrogens is 300 g/mol. The maximum atomic E-state index is 11.6. The van der Waals surface area contributed by atoms with Crippen molar-refractivity contribution in [3.8, 4) is 0 Å². The van der Waals surface area contributed by atoms with Gasteiger partial charge in [0.15, 0.2) is 0 Å². The minimum Gasteiger partial charge on any atom is -0.438 e. The van der Waals surface area contributed by atoms with Crippen LogP contribution in [0.3, 0.4) is 0 Å². The first-order valence-corrected chi connectivity index (χ1v) is 7.09. The number of rotatable bonds is 3. The molecule has 2 aromatic carbocycles. The molecule has 3 aromatic rings. The predicted molar refractivity (Wildman–Crippen MR) is 85.5 cm³/mol. The van der Waals surface area contributed by atoms with Crippen molar-refractivity contribution in [3.05, 3.63) is 76.3 Å². The number of nitrogens with two attached hydrogens (primary N) is 1. The van der Waals surface area contributed by atoms with E-state index >= 15 is 0 Å². The van der Waals surface area contributed by atoms with Crippen LogP contribution in [0.4, 0.5) is 0 Å². The van der Waals surface area contributed by atoms with Gasteiger partial charge < -0.3 is 10.2 Å². The molecule has 0 saturated heterocycles. The van der Waals surface area contributed by atoms with Gasteiger partial charge in [-0.05, 0) is 29.8 Å². The van der Waals surface area contributed by atoms with Gasteiger partial charge in [0.2, 0.25) is 5.55 Å². The number of benzene rings is 2. The second-order valence-corrected chi connectivity index (χ2v) is 5.25. The number of hydrogen-bond donors (Lipinski definition) is 1. The highest BCUT2D eigenvalue weighted by Crippen LogP contribution is 2.18. The van der Waals surface area contributed by atoms with Crippen molar-refractivity contribution in [3.63, 3.8) is 0 Å². The maximum Gasteiger partial charge on any atom is 0.254 e. The Labute approximate surface area is 131 Å². The summed E-state index contributed by atoms with van der Waals surface area (Å²) in [5.41, 5.74) is 7.51. The Morgan fingerprint density at radius 3 is 2.64 bits per heavy atom. The summed E-state index contributed by atoms with van der Waals surface area (Å²) < 4.78 is 5.70. The number of halogens is 1. The van der Waals surface area contributed by atoms with Crippen LogP contribution < -0.4 is 11.3 Å². The summed E-state index contributed by atoms with van der Waals surface area (Å²) >= 11 is 5.95. The van der Waals surface area contributed by atoms with Gasteiger partial charge in [-0.3, -0.25) is 4.79 Å². The van der Waals surface area contributed by atoms with E-state index in [2.05, 4.69) is 4.99 Å². The molecule has 4 nitrogen and oxygen atoms in total. The van der Waals surface area contributed by atoms with E-state index in [1.807, 2.05) is 30.3 Å². The van der Waals surface area contributed by atoms with Gasteiger partial charge >= 0.3 is 0 Å². The lowest BCUT2D eigenvalue weighted by molar-refractivity contribution is 0.0996. The molecule has 0 saturated carbocycles. The minimum absolute atomic E-state index is 0.228. The van der Waals surface area contributed by atoms with E-state index in [0.717, 1.165) is 5.56 Å². The van der Waals surface area contributed by atoms with Crippen LogP contribution in [0.2, 0.25) is 5.02 Å². The van der Waals surface area contributed by atoms with Gasteiger partial charge in [0.1, 0.15) is 11.1 Å². The fourth-order valence-corrected chi connectivity index (χ4v) is 2.32. The van der Waals surface area contributed by atoms with Crippen LogP contribution in [-0.4, -0.2) is 5.91 Å². The SMILES string of the molecule is NC(=O)c1cc2cc(Cl)ccc2oc1=NCc1ccccc1. The molecule has 0 bridgehead atoms. The first kappa shape index (κ1) is 14.4. The van der Waals surface area contributed by atoms with Gasteiger partial charge in [-0.15, -0.1) is 0 Å². The Morgan fingerprint density at radius 2 is 1.91 bits per heavy atom. The van der Waals surface area contributed by atoms with E-state index in [-0.39, 0.29) is 11.1 Å². The lowest BCUT2D eigenvalue weighted by Crippen LogP contribution is -2.22. The molecule has 0 spiro atoms. The lowest BCUT2D eigenvalue weighted by atomic mass is 10.2. The van der Waals surface area contributed by atoms with Gasteiger partial charge in [0.05, 0.1) is 6.54 Å². The molecule has 1 amide bonds. The molecule has 22 heavy (non-hydrogen) atoms. The third-order valence-electron chi connectivity index (χ3n) is 3.22. The van der Waals surface area contributed by atoms with E-state index in [0.29, 0.717) is 22.5 Å². The number of hydrogen-bond acceptors (Lipinski definition) is 3. The normalized spacial score (nSPS) is 11.8. The van der Waals surface area contributed by atoms with E-state index in [1.165, 1.54) is 0 Å².